The second-order valence-corrected chi connectivity index (χ2v) is 7.81. The van der Waals surface area contributed by atoms with E-state index < -0.39 is 6.09 Å². The molecule has 3 amide bonds. The average Bonchev–Trinajstić information content (AvgIpc) is 2.83. The van der Waals surface area contributed by atoms with Gasteiger partial charge in [-0.3, -0.25) is 14.5 Å². The highest BCUT2D eigenvalue weighted by Crippen LogP contribution is 2.39. The van der Waals surface area contributed by atoms with Gasteiger partial charge in [-0.05, 0) is 49.1 Å². The van der Waals surface area contributed by atoms with E-state index in [0.717, 1.165) is 38.5 Å². The van der Waals surface area contributed by atoms with Crippen LogP contribution in [0.1, 0.15) is 50.5 Å². The monoisotopic (exact) mass is 474 g/mol. The van der Waals surface area contributed by atoms with Crippen LogP contribution < -0.4 is 19.5 Å². The molecule has 0 unspecified atom stereocenters. The maximum absolute atomic E-state index is 12.4. The van der Waals surface area contributed by atoms with E-state index in [0.29, 0.717) is 48.9 Å². The van der Waals surface area contributed by atoms with E-state index in [-0.39, 0.29) is 11.8 Å². The highest BCUT2D eigenvalue weighted by Gasteiger charge is 2.19. The lowest BCUT2D eigenvalue weighted by Gasteiger charge is -2.19. The Morgan fingerprint density at radius 3 is 2.32 bits per heavy atom. The lowest BCUT2D eigenvalue weighted by atomic mass is 10.1. The van der Waals surface area contributed by atoms with E-state index >= 15 is 0 Å². The number of nitrogens with one attached hydrogen (secondary N) is 1. The normalized spacial score (nSPS) is 13.2. The standard InChI is InChI=1S/C25H34N2O7/c1-32-20-17-19(12-13-23(29)27-15-9-7-11-22(27)28)18-21(33-2)24(20)34-16-10-6-4-3-5-8-14-26-25(30)31/h7,11-13,17-18,26H,3-6,8-10,14-16H2,1-2H3,(H,30,31)/b13-12+. The summed E-state index contributed by atoms with van der Waals surface area (Å²) >= 11 is 0. The summed E-state index contributed by atoms with van der Waals surface area (Å²) in [5.41, 5.74) is 0.687. The molecular weight excluding hydrogens is 440 g/mol. The number of ether oxygens (including phenoxy) is 3. The number of hydrogen-bond acceptors (Lipinski definition) is 6. The fraction of sp³-hybridized carbons (Fsp3) is 0.480. The minimum Gasteiger partial charge on any atom is -0.493 e. The molecule has 0 saturated heterocycles. The van der Waals surface area contributed by atoms with Crippen molar-refractivity contribution in [1.82, 2.24) is 10.2 Å². The maximum atomic E-state index is 12.4. The molecule has 9 heteroatoms. The molecule has 0 fully saturated rings. The van der Waals surface area contributed by atoms with Crippen molar-refractivity contribution in [3.05, 3.63) is 35.9 Å². The zero-order chi connectivity index (χ0) is 24.8. The number of rotatable bonds is 14. The molecule has 1 aliphatic heterocycles. The molecule has 0 atom stereocenters. The van der Waals surface area contributed by atoms with E-state index in [1.807, 2.05) is 0 Å². The van der Waals surface area contributed by atoms with Crippen molar-refractivity contribution < 1.29 is 33.7 Å². The maximum Gasteiger partial charge on any atom is 0.404 e. The zero-order valence-corrected chi connectivity index (χ0v) is 19.9. The van der Waals surface area contributed by atoms with Gasteiger partial charge in [0.05, 0.1) is 20.8 Å². The van der Waals surface area contributed by atoms with Gasteiger partial charge in [0.2, 0.25) is 5.75 Å². The van der Waals surface area contributed by atoms with Gasteiger partial charge in [0, 0.05) is 19.2 Å². The first-order valence-corrected chi connectivity index (χ1v) is 11.5. The molecule has 2 N–H and O–H groups in total. The number of carbonyl (C=O) groups excluding carboxylic acids is 2. The van der Waals surface area contributed by atoms with Gasteiger partial charge in [0.25, 0.3) is 11.8 Å². The van der Waals surface area contributed by atoms with Crippen molar-refractivity contribution in [2.75, 3.05) is 33.9 Å². The largest absolute Gasteiger partial charge is 0.493 e. The number of methoxy groups -OCH3 is 2. The number of carbonyl (C=O) groups is 3. The highest BCUT2D eigenvalue weighted by molar-refractivity contribution is 6.06. The minimum atomic E-state index is -0.979. The first-order valence-electron chi connectivity index (χ1n) is 11.5. The van der Waals surface area contributed by atoms with E-state index in [4.69, 9.17) is 19.3 Å². The van der Waals surface area contributed by atoms with Gasteiger partial charge in [-0.2, -0.15) is 0 Å². The molecule has 0 spiro atoms. The predicted octanol–water partition coefficient (Wildman–Crippen LogP) is 4.02. The molecule has 0 radical (unpaired) electrons. The molecule has 1 aromatic carbocycles. The molecule has 1 aromatic rings. The number of benzene rings is 1. The lowest BCUT2D eigenvalue weighted by molar-refractivity contribution is -0.139. The number of hydrogen-bond donors (Lipinski definition) is 2. The molecule has 0 bridgehead atoms. The van der Waals surface area contributed by atoms with Crippen LogP contribution in [0.5, 0.6) is 17.2 Å². The van der Waals surface area contributed by atoms with Crippen LogP contribution in [0.4, 0.5) is 4.79 Å². The topological polar surface area (TPSA) is 114 Å². The predicted molar refractivity (Wildman–Crippen MR) is 128 cm³/mol. The van der Waals surface area contributed by atoms with Crippen LogP contribution in [-0.2, 0) is 9.59 Å². The molecule has 34 heavy (non-hydrogen) atoms. The Hall–Kier alpha value is -3.49. The first kappa shape index (κ1) is 26.8. The molecule has 186 valence electrons. The third-order valence-electron chi connectivity index (χ3n) is 5.31. The third-order valence-corrected chi connectivity index (χ3v) is 5.31. The molecular formula is C25H34N2O7. The van der Waals surface area contributed by atoms with Crippen molar-refractivity contribution in [2.24, 2.45) is 0 Å². The number of unbranched alkanes of at least 4 members (excludes halogenated alkanes) is 5. The van der Waals surface area contributed by atoms with Crippen molar-refractivity contribution in [3.8, 4) is 17.2 Å². The number of amides is 3. The lowest BCUT2D eigenvalue weighted by Crippen LogP contribution is -2.37. The molecule has 1 aliphatic rings. The molecule has 1 heterocycles. The van der Waals surface area contributed by atoms with Crippen LogP contribution in [0, 0.1) is 0 Å². The van der Waals surface area contributed by atoms with Crippen LogP contribution in [0.3, 0.4) is 0 Å². The van der Waals surface area contributed by atoms with Crippen LogP contribution in [-0.4, -0.2) is 61.8 Å². The number of carboxylic acid groups (broad SMARTS) is 1. The molecule has 0 aromatic heterocycles. The zero-order valence-electron chi connectivity index (χ0n) is 19.9. The summed E-state index contributed by atoms with van der Waals surface area (Å²) in [5.74, 6) is 0.814. The van der Waals surface area contributed by atoms with Crippen LogP contribution in [0.2, 0.25) is 0 Å². The van der Waals surface area contributed by atoms with Crippen molar-refractivity contribution >= 4 is 24.0 Å². The Morgan fingerprint density at radius 2 is 1.71 bits per heavy atom. The Balaban J connectivity index is 1.85. The van der Waals surface area contributed by atoms with Gasteiger partial charge in [0.1, 0.15) is 0 Å². The third kappa shape index (κ3) is 8.80. The molecule has 0 aliphatic carbocycles. The summed E-state index contributed by atoms with van der Waals surface area (Å²) in [5, 5.41) is 10.9. The SMILES string of the molecule is COc1cc(/C=C/C(=O)N2CCC=CC2=O)cc(OC)c1OCCCCCCCCNC(=O)O. The molecule has 0 saturated carbocycles. The second-order valence-electron chi connectivity index (χ2n) is 7.81. The van der Waals surface area contributed by atoms with E-state index in [2.05, 4.69) is 5.32 Å². The Bertz CT molecular complexity index is 870. The van der Waals surface area contributed by atoms with Gasteiger partial charge >= 0.3 is 6.09 Å². The van der Waals surface area contributed by atoms with E-state index in [9.17, 15) is 14.4 Å². The van der Waals surface area contributed by atoms with Crippen molar-refractivity contribution in [1.29, 1.82) is 0 Å². The first-order chi connectivity index (χ1) is 16.5. The second kappa shape index (κ2) is 14.6. The number of nitrogens with zero attached hydrogens (tertiary/aromatic N) is 1. The van der Waals surface area contributed by atoms with Crippen LogP contribution >= 0.6 is 0 Å². The summed E-state index contributed by atoms with van der Waals surface area (Å²) in [6, 6.07) is 3.51. The fourth-order valence-corrected chi connectivity index (χ4v) is 3.51. The number of imide groups is 1. The molecule has 2 rings (SSSR count). The van der Waals surface area contributed by atoms with Gasteiger partial charge in [-0.1, -0.05) is 31.8 Å². The Kier molecular flexibility index (Phi) is 11.5. The van der Waals surface area contributed by atoms with Gasteiger partial charge < -0.3 is 24.6 Å². The Morgan fingerprint density at radius 1 is 1.06 bits per heavy atom. The summed E-state index contributed by atoms with van der Waals surface area (Å²) in [4.78, 5) is 35.8. The van der Waals surface area contributed by atoms with E-state index in [1.165, 1.54) is 31.3 Å². The van der Waals surface area contributed by atoms with Crippen molar-refractivity contribution in [3.63, 3.8) is 0 Å². The van der Waals surface area contributed by atoms with Gasteiger partial charge in [-0.25, -0.2) is 4.79 Å². The van der Waals surface area contributed by atoms with Gasteiger partial charge in [-0.15, -0.1) is 0 Å². The summed E-state index contributed by atoms with van der Waals surface area (Å²) in [6.45, 7) is 1.37. The van der Waals surface area contributed by atoms with E-state index in [1.54, 1.807) is 24.3 Å². The van der Waals surface area contributed by atoms with Crippen molar-refractivity contribution in [2.45, 2.75) is 44.9 Å². The quantitative estimate of drug-likeness (QED) is 0.309. The van der Waals surface area contributed by atoms with Crippen LogP contribution in [0.15, 0.2) is 30.4 Å². The fourth-order valence-electron chi connectivity index (χ4n) is 3.51. The molecule has 9 nitrogen and oxygen atoms in total. The summed E-state index contributed by atoms with van der Waals surface area (Å²) in [6.07, 6.45) is 11.6. The highest BCUT2D eigenvalue weighted by atomic mass is 16.5. The van der Waals surface area contributed by atoms with Crippen LogP contribution in [0.25, 0.3) is 6.08 Å². The summed E-state index contributed by atoms with van der Waals surface area (Å²) < 4.78 is 16.9. The van der Waals surface area contributed by atoms with Gasteiger partial charge in [0.15, 0.2) is 11.5 Å². The summed E-state index contributed by atoms with van der Waals surface area (Å²) in [7, 11) is 3.08. The average molecular weight is 475 g/mol. The Labute approximate surface area is 200 Å². The minimum absolute atomic E-state index is 0.310. The smallest absolute Gasteiger partial charge is 0.404 e.